The lowest BCUT2D eigenvalue weighted by atomic mass is 10.0. The third kappa shape index (κ3) is 19.3. The standard InChI is InChI=1S/C24H42O3S.C8H20P/c1-2-3-4-5-6-7-8-9-10-11-12-13-14-15-16-20-23-27-28(25,26)24-21-18-17-19-22-24;1-5-9(6-2,7-3)8-4/h17-19,21-22H,2-16,20,23H2,1H3;5-8H2,1-4H3. The summed E-state index contributed by atoms with van der Waals surface area (Å²) in [4.78, 5) is 0.242. The average molecular weight is 558 g/mol. The van der Waals surface area contributed by atoms with E-state index in [2.05, 4.69) is 34.6 Å². The van der Waals surface area contributed by atoms with E-state index in [0.717, 1.165) is 12.8 Å². The average Bonchev–Trinajstić information content (AvgIpc) is 2.93. The van der Waals surface area contributed by atoms with Crippen molar-refractivity contribution in [2.45, 2.75) is 142 Å². The molecule has 37 heavy (non-hydrogen) atoms. The van der Waals surface area contributed by atoms with Crippen LogP contribution in [0.5, 0.6) is 0 Å². The van der Waals surface area contributed by atoms with Gasteiger partial charge in [-0.25, -0.2) is 0 Å². The van der Waals surface area contributed by atoms with Crippen LogP contribution in [0.2, 0.25) is 0 Å². The van der Waals surface area contributed by atoms with Crippen molar-refractivity contribution in [3.8, 4) is 0 Å². The van der Waals surface area contributed by atoms with Crippen molar-refractivity contribution in [3.05, 3.63) is 30.3 Å². The number of benzene rings is 1. The summed E-state index contributed by atoms with van der Waals surface area (Å²) < 4.78 is 29.0. The van der Waals surface area contributed by atoms with E-state index in [-0.39, 0.29) is 11.5 Å². The van der Waals surface area contributed by atoms with Crippen molar-refractivity contribution < 1.29 is 12.6 Å². The third-order valence-electron chi connectivity index (χ3n) is 7.95. The zero-order chi connectivity index (χ0) is 27.7. The summed E-state index contributed by atoms with van der Waals surface area (Å²) in [7, 11) is -4.00. The summed E-state index contributed by atoms with van der Waals surface area (Å²) in [5.74, 6) is 0. The van der Waals surface area contributed by atoms with Gasteiger partial charge in [-0.1, -0.05) is 149 Å². The van der Waals surface area contributed by atoms with Gasteiger partial charge in [0, 0.05) is 0 Å². The Morgan fingerprint density at radius 1 is 0.541 bits per heavy atom. The third-order valence-corrected chi connectivity index (χ3v) is 14.6. The monoisotopic (exact) mass is 557 g/mol. The summed E-state index contributed by atoms with van der Waals surface area (Å²) in [6.07, 6.45) is 26.8. The predicted molar refractivity (Wildman–Crippen MR) is 168 cm³/mol. The molecule has 1 aromatic rings. The Balaban J connectivity index is 0.00000122. The molecule has 0 aliphatic carbocycles. The van der Waals surface area contributed by atoms with Gasteiger partial charge < -0.3 is 0 Å². The number of rotatable bonds is 23. The number of hydrogen-bond acceptors (Lipinski definition) is 3. The Labute approximate surface area is 233 Å². The van der Waals surface area contributed by atoms with Gasteiger partial charge in [0.25, 0.3) is 10.1 Å². The lowest BCUT2D eigenvalue weighted by Crippen LogP contribution is -2.07. The van der Waals surface area contributed by atoms with Crippen LogP contribution in [0.4, 0.5) is 0 Å². The second-order valence-corrected chi connectivity index (χ2v) is 17.3. The molecule has 1 radical (unpaired) electrons. The molecule has 0 saturated heterocycles. The summed E-state index contributed by atoms with van der Waals surface area (Å²) in [5.41, 5.74) is 0. The van der Waals surface area contributed by atoms with E-state index in [1.807, 2.05) is 0 Å². The molecule has 0 aromatic heterocycles. The Hall–Kier alpha value is -0.440. The minimum Gasteiger partial charge on any atom is -0.266 e. The van der Waals surface area contributed by atoms with E-state index in [9.17, 15) is 8.42 Å². The molecule has 0 aliphatic heterocycles. The van der Waals surface area contributed by atoms with Crippen molar-refractivity contribution in [2.24, 2.45) is 0 Å². The maximum atomic E-state index is 12.0. The molecule has 0 aliphatic rings. The van der Waals surface area contributed by atoms with E-state index < -0.39 is 17.4 Å². The quantitative estimate of drug-likeness (QED) is 0.0763. The lowest BCUT2D eigenvalue weighted by molar-refractivity contribution is 0.306. The first-order chi connectivity index (χ1) is 17.9. The second-order valence-electron chi connectivity index (χ2n) is 10.5. The highest BCUT2D eigenvalue weighted by molar-refractivity contribution is 7.86. The fourth-order valence-electron chi connectivity index (χ4n) is 4.82. The fraction of sp³-hybridized carbons (Fsp3) is 0.812. The molecular weight excluding hydrogens is 495 g/mol. The Kier molecular flexibility index (Phi) is 24.3. The van der Waals surface area contributed by atoms with Crippen molar-refractivity contribution in [1.29, 1.82) is 0 Å². The summed E-state index contributed by atoms with van der Waals surface area (Å²) in [6, 6.07) is 8.37. The molecule has 0 atom stereocenters. The second kappa shape index (κ2) is 24.6. The molecule has 1 aromatic carbocycles. The molecule has 0 bridgehead atoms. The molecule has 0 spiro atoms. The van der Waals surface area contributed by atoms with Crippen LogP contribution in [-0.2, 0) is 14.3 Å². The zero-order valence-electron chi connectivity index (χ0n) is 25.3. The molecule has 0 fully saturated rings. The summed E-state index contributed by atoms with van der Waals surface area (Å²) in [6.45, 7) is 12.0. The molecule has 0 saturated carbocycles. The van der Waals surface area contributed by atoms with Crippen molar-refractivity contribution in [1.82, 2.24) is 0 Å². The molecule has 5 heteroatoms. The molecule has 1 rings (SSSR count). The predicted octanol–water partition coefficient (Wildman–Crippen LogP) is 10.7. The SMILES string of the molecule is CCCCCCCCCCCCCCCCCCOS(=O)(=O)c1ccccc1.CC[P](CC)(CC)CC. The van der Waals surface area contributed by atoms with Gasteiger partial charge in [-0.05, 0) is 43.2 Å². The molecule has 0 N–H and O–H groups in total. The zero-order valence-corrected chi connectivity index (χ0v) is 27.0. The maximum Gasteiger partial charge on any atom is 0.296 e. The number of unbranched alkanes of at least 4 members (excludes halogenated alkanes) is 15. The Bertz CT molecular complexity index is 684. The summed E-state index contributed by atoms with van der Waals surface area (Å²) >= 11 is 0. The first-order valence-electron chi connectivity index (χ1n) is 15.7. The highest BCUT2D eigenvalue weighted by Gasteiger charge is 2.17. The Morgan fingerprint density at radius 3 is 1.22 bits per heavy atom. The smallest absolute Gasteiger partial charge is 0.266 e. The van der Waals surface area contributed by atoms with Gasteiger partial charge in [-0.2, -0.15) is 8.42 Å². The largest absolute Gasteiger partial charge is 0.296 e. The van der Waals surface area contributed by atoms with Gasteiger partial charge in [0.05, 0.1) is 11.5 Å². The van der Waals surface area contributed by atoms with Gasteiger partial charge in [-0.3, -0.25) is 4.18 Å². The number of hydrogen-bond donors (Lipinski definition) is 0. The van der Waals surface area contributed by atoms with Gasteiger partial charge in [0.2, 0.25) is 0 Å². The van der Waals surface area contributed by atoms with Crippen molar-refractivity contribution in [3.63, 3.8) is 0 Å². The van der Waals surface area contributed by atoms with Crippen molar-refractivity contribution >= 4 is 17.4 Å². The summed E-state index contributed by atoms with van der Waals surface area (Å²) in [5, 5.41) is 0. The molecular formula is C32H62O3PS. The van der Waals surface area contributed by atoms with Crippen LogP contribution >= 0.6 is 7.26 Å². The van der Waals surface area contributed by atoms with Crippen LogP contribution in [0, 0.1) is 0 Å². The van der Waals surface area contributed by atoms with Crippen LogP contribution < -0.4 is 0 Å². The maximum absolute atomic E-state index is 12.0. The van der Waals surface area contributed by atoms with Gasteiger partial charge in [0.15, 0.2) is 0 Å². The van der Waals surface area contributed by atoms with Crippen LogP contribution in [-0.4, -0.2) is 39.7 Å². The fourth-order valence-corrected chi connectivity index (χ4v) is 8.46. The first-order valence-corrected chi connectivity index (χ1v) is 19.6. The Morgan fingerprint density at radius 2 is 0.892 bits per heavy atom. The van der Waals surface area contributed by atoms with E-state index in [1.54, 1.807) is 30.3 Å². The van der Waals surface area contributed by atoms with Gasteiger partial charge in [-0.15, -0.1) is 7.26 Å². The van der Waals surface area contributed by atoms with Gasteiger partial charge in [0.1, 0.15) is 0 Å². The van der Waals surface area contributed by atoms with E-state index >= 15 is 0 Å². The molecule has 0 amide bonds. The van der Waals surface area contributed by atoms with E-state index in [4.69, 9.17) is 4.18 Å². The highest BCUT2D eigenvalue weighted by Crippen LogP contribution is 2.57. The topological polar surface area (TPSA) is 43.4 Å². The normalized spacial score (nSPS) is 11.8. The van der Waals surface area contributed by atoms with Crippen LogP contribution in [0.1, 0.15) is 137 Å². The van der Waals surface area contributed by atoms with E-state index in [1.165, 1.54) is 115 Å². The minimum atomic E-state index is -3.58. The molecule has 0 unspecified atom stereocenters. The first kappa shape index (κ1) is 36.6. The van der Waals surface area contributed by atoms with Crippen LogP contribution in [0.15, 0.2) is 35.2 Å². The highest BCUT2D eigenvalue weighted by atomic mass is 32.2. The van der Waals surface area contributed by atoms with Crippen molar-refractivity contribution in [2.75, 3.05) is 31.3 Å². The molecule has 3 nitrogen and oxygen atoms in total. The minimum absolute atomic E-state index is 0.242. The lowest BCUT2D eigenvalue weighted by Gasteiger charge is -2.31. The molecule has 0 heterocycles. The van der Waals surface area contributed by atoms with Crippen LogP contribution in [0.3, 0.4) is 0 Å². The van der Waals surface area contributed by atoms with E-state index in [0.29, 0.717) is 0 Å². The van der Waals surface area contributed by atoms with Gasteiger partial charge >= 0.3 is 0 Å². The van der Waals surface area contributed by atoms with Crippen LogP contribution in [0.25, 0.3) is 0 Å². The molecule has 219 valence electrons.